The average molecular weight is 493 g/mol. The smallest absolute Gasteiger partial charge is 0.431 e. The van der Waals surface area contributed by atoms with E-state index in [9.17, 15) is 18.0 Å². The average Bonchev–Trinajstić information content (AvgIpc) is 2.86. The Bertz CT molecular complexity index is 1360. The van der Waals surface area contributed by atoms with Crippen LogP contribution >= 0.6 is 0 Å². The first-order chi connectivity index (χ1) is 16.7. The summed E-state index contributed by atoms with van der Waals surface area (Å²) in [6.07, 6.45) is 2.12. The third kappa shape index (κ3) is 5.72. The van der Waals surface area contributed by atoms with Gasteiger partial charge in [-0.25, -0.2) is 13.2 Å². The Labute approximate surface area is 203 Å². The Morgan fingerprint density at radius 2 is 1.77 bits per heavy atom. The van der Waals surface area contributed by atoms with Crippen LogP contribution in [0.15, 0.2) is 82.9 Å². The predicted octanol–water partition coefficient (Wildman–Crippen LogP) is 3.87. The number of hydrogen-bond acceptors (Lipinski definition) is 7. The van der Waals surface area contributed by atoms with Crippen LogP contribution < -0.4 is 5.32 Å². The van der Waals surface area contributed by atoms with Gasteiger partial charge in [0.25, 0.3) is 5.91 Å². The molecule has 2 heterocycles. The van der Waals surface area contributed by atoms with Crippen molar-refractivity contribution in [2.45, 2.75) is 30.9 Å². The second kappa shape index (κ2) is 10.1. The number of rotatable bonds is 7. The van der Waals surface area contributed by atoms with Gasteiger partial charge in [0.05, 0.1) is 11.4 Å². The Hall–Kier alpha value is -4.05. The second-order valence-corrected chi connectivity index (χ2v) is 10.0. The summed E-state index contributed by atoms with van der Waals surface area (Å²) in [5.41, 5.74) is 2.90. The van der Waals surface area contributed by atoms with Crippen molar-refractivity contribution >= 4 is 33.2 Å². The van der Waals surface area contributed by atoms with Crippen LogP contribution in [0.25, 0.3) is 0 Å². The summed E-state index contributed by atoms with van der Waals surface area (Å²) in [5.74, 6) is -0.320. The molecule has 1 N–H and O–H groups in total. The zero-order chi connectivity index (χ0) is 25.0. The number of nitrogens with zero attached hydrogens (tertiary/aromatic N) is 3. The lowest BCUT2D eigenvalue weighted by atomic mass is 10.0. The van der Waals surface area contributed by atoms with Gasteiger partial charge in [0.15, 0.2) is 9.84 Å². The first-order valence-corrected chi connectivity index (χ1v) is 12.8. The minimum atomic E-state index is -3.32. The number of hydrazone groups is 1. The number of sulfone groups is 1. The molecule has 1 unspecified atom stereocenters. The molecule has 1 atom stereocenters. The van der Waals surface area contributed by atoms with Crippen molar-refractivity contribution in [3.8, 4) is 0 Å². The third-order valence-corrected chi connectivity index (χ3v) is 6.51. The second-order valence-electron chi connectivity index (χ2n) is 7.99. The van der Waals surface area contributed by atoms with E-state index < -0.39 is 22.0 Å². The van der Waals surface area contributed by atoms with Gasteiger partial charge >= 0.3 is 6.09 Å². The Kier molecular flexibility index (Phi) is 6.92. The van der Waals surface area contributed by atoms with Gasteiger partial charge in [0.2, 0.25) is 0 Å². The van der Waals surface area contributed by atoms with E-state index in [2.05, 4.69) is 15.4 Å². The standard InChI is InChI=1S/C25H24N4O5S/c1-3-22-23(18-9-13-20(14-10-18)35(2,32)33)28-29(25(31)34-22)16-17-7-11-19(12-8-17)27-24(30)21-6-4-5-15-26-21/h4-15,22H,3,16H2,1-2H3,(H,27,30). The number of anilines is 1. The van der Waals surface area contributed by atoms with E-state index in [4.69, 9.17) is 4.74 Å². The van der Waals surface area contributed by atoms with Crippen molar-refractivity contribution in [1.29, 1.82) is 0 Å². The highest BCUT2D eigenvalue weighted by molar-refractivity contribution is 7.90. The third-order valence-electron chi connectivity index (χ3n) is 5.38. The molecular weight excluding hydrogens is 468 g/mol. The van der Waals surface area contributed by atoms with Crippen LogP contribution in [0.2, 0.25) is 0 Å². The molecule has 0 saturated carbocycles. The van der Waals surface area contributed by atoms with Crippen molar-refractivity contribution < 1.29 is 22.7 Å². The monoisotopic (exact) mass is 492 g/mol. The number of benzene rings is 2. The van der Waals surface area contributed by atoms with Gasteiger partial charge in [-0.05, 0) is 48.4 Å². The van der Waals surface area contributed by atoms with Crippen LogP contribution in [0.1, 0.15) is 35.0 Å². The molecule has 0 spiro atoms. The van der Waals surface area contributed by atoms with E-state index in [1.54, 1.807) is 60.8 Å². The van der Waals surface area contributed by atoms with E-state index in [0.29, 0.717) is 29.1 Å². The number of carbonyl (C=O) groups excluding carboxylic acids is 2. The number of hydrogen-bond donors (Lipinski definition) is 1. The molecule has 35 heavy (non-hydrogen) atoms. The van der Waals surface area contributed by atoms with Crippen molar-refractivity contribution in [2.24, 2.45) is 5.10 Å². The minimum absolute atomic E-state index is 0.161. The molecule has 180 valence electrons. The first kappa shape index (κ1) is 24.1. The molecule has 4 rings (SSSR count). The van der Waals surface area contributed by atoms with Crippen LogP contribution in [-0.2, 0) is 21.1 Å². The maximum absolute atomic E-state index is 12.6. The number of cyclic esters (lactones) is 1. The molecule has 3 aromatic rings. The van der Waals surface area contributed by atoms with Crippen LogP contribution in [0, 0.1) is 0 Å². The topological polar surface area (TPSA) is 118 Å². The van der Waals surface area contributed by atoms with Crippen LogP contribution in [0.4, 0.5) is 10.5 Å². The van der Waals surface area contributed by atoms with Crippen LogP contribution in [-0.4, -0.2) is 48.5 Å². The summed E-state index contributed by atoms with van der Waals surface area (Å²) in [7, 11) is -3.32. The number of amides is 2. The maximum Gasteiger partial charge on any atom is 0.431 e. The summed E-state index contributed by atoms with van der Waals surface area (Å²) in [6, 6.07) is 18.5. The molecule has 0 fully saturated rings. The first-order valence-electron chi connectivity index (χ1n) is 10.9. The van der Waals surface area contributed by atoms with Gasteiger partial charge in [0, 0.05) is 23.7 Å². The summed E-state index contributed by atoms with van der Waals surface area (Å²) >= 11 is 0. The molecule has 9 nitrogen and oxygen atoms in total. The molecule has 1 aliphatic heterocycles. The highest BCUT2D eigenvalue weighted by atomic mass is 32.2. The van der Waals surface area contributed by atoms with Crippen LogP contribution in [0.5, 0.6) is 0 Å². The highest BCUT2D eigenvalue weighted by Crippen LogP contribution is 2.22. The molecule has 1 aliphatic rings. The number of pyridine rings is 1. The van der Waals surface area contributed by atoms with E-state index in [-0.39, 0.29) is 17.3 Å². The van der Waals surface area contributed by atoms with Crippen molar-refractivity contribution in [3.63, 3.8) is 0 Å². The Balaban J connectivity index is 1.50. The van der Waals surface area contributed by atoms with Gasteiger partial charge in [-0.3, -0.25) is 9.78 Å². The van der Waals surface area contributed by atoms with Crippen LogP contribution in [0.3, 0.4) is 0 Å². The van der Waals surface area contributed by atoms with Gasteiger partial charge in [-0.2, -0.15) is 10.1 Å². The van der Waals surface area contributed by atoms with E-state index >= 15 is 0 Å². The fraction of sp³-hybridized carbons (Fsp3) is 0.200. The summed E-state index contributed by atoms with van der Waals surface area (Å²) in [6.45, 7) is 2.04. The SMILES string of the molecule is CCC1OC(=O)N(Cc2ccc(NC(=O)c3ccccn3)cc2)N=C1c1ccc(S(C)(=O)=O)cc1. The highest BCUT2D eigenvalue weighted by Gasteiger charge is 2.30. The number of ether oxygens (including phenoxy) is 1. The summed E-state index contributed by atoms with van der Waals surface area (Å²) < 4.78 is 29.1. The fourth-order valence-electron chi connectivity index (χ4n) is 3.53. The summed E-state index contributed by atoms with van der Waals surface area (Å²) in [4.78, 5) is 29.1. The lowest BCUT2D eigenvalue weighted by molar-refractivity contribution is 0.0712. The number of aromatic nitrogens is 1. The minimum Gasteiger partial charge on any atom is -0.438 e. The Morgan fingerprint density at radius 1 is 1.06 bits per heavy atom. The fourth-order valence-corrected chi connectivity index (χ4v) is 4.16. The van der Waals surface area contributed by atoms with Gasteiger partial charge in [-0.1, -0.05) is 37.3 Å². The van der Waals surface area contributed by atoms with Gasteiger partial charge in [-0.15, -0.1) is 0 Å². The molecule has 1 aromatic heterocycles. The predicted molar refractivity (Wildman–Crippen MR) is 131 cm³/mol. The molecule has 0 aliphatic carbocycles. The molecule has 2 aromatic carbocycles. The molecule has 10 heteroatoms. The molecule has 0 bridgehead atoms. The maximum atomic E-state index is 12.6. The Morgan fingerprint density at radius 3 is 2.37 bits per heavy atom. The molecule has 0 saturated heterocycles. The summed E-state index contributed by atoms with van der Waals surface area (Å²) in [5, 5.41) is 8.54. The largest absolute Gasteiger partial charge is 0.438 e. The molecule has 2 amide bonds. The molecular formula is C25H24N4O5S. The van der Waals surface area contributed by atoms with Gasteiger partial charge < -0.3 is 10.1 Å². The number of nitrogens with one attached hydrogen (secondary N) is 1. The normalized spacial score (nSPS) is 15.8. The molecule has 0 radical (unpaired) electrons. The zero-order valence-corrected chi connectivity index (χ0v) is 20.0. The zero-order valence-electron chi connectivity index (χ0n) is 19.2. The lowest BCUT2D eigenvalue weighted by Gasteiger charge is -2.29. The van der Waals surface area contributed by atoms with E-state index in [1.165, 1.54) is 17.1 Å². The van der Waals surface area contributed by atoms with Crippen molar-refractivity contribution in [3.05, 3.63) is 89.7 Å². The quantitative estimate of drug-likeness (QED) is 0.535. The number of carbonyl (C=O) groups is 2. The van der Waals surface area contributed by atoms with E-state index in [0.717, 1.165) is 11.8 Å². The lowest BCUT2D eigenvalue weighted by Crippen LogP contribution is -2.41. The van der Waals surface area contributed by atoms with Gasteiger partial charge in [0.1, 0.15) is 17.5 Å². The van der Waals surface area contributed by atoms with E-state index in [1.807, 2.05) is 6.92 Å². The van der Waals surface area contributed by atoms with Crippen molar-refractivity contribution in [1.82, 2.24) is 9.99 Å². The van der Waals surface area contributed by atoms with Crippen molar-refractivity contribution in [2.75, 3.05) is 11.6 Å².